The monoisotopic (exact) mass is 352 g/mol. The lowest BCUT2D eigenvalue weighted by Gasteiger charge is -2.02. The van der Waals surface area contributed by atoms with Crippen molar-refractivity contribution in [2.75, 3.05) is 0 Å². The van der Waals surface area contributed by atoms with Gasteiger partial charge in [0.25, 0.3) is 0 Å². The van der Waals surface area contributed by atoms with Gasteiger partial charge < -0.3 is 0 Å². The summed E-state index contributed by atoms with van der Waals surface area (Å²) in [5, 5.41) is 0. The molecule has 0 aliphatic heterocycles. The molecule has 2 nitrogen and oxygen atoms in total. The van der Waals surface area contributed by atoms with Crippen molar-refractivity contribution in [3.8, 4) is 0 Å². The molecule has 1 aromatic rings. The van der Waals surface area contributed by atoms with Crippen LogP contribution in [0.5, 0.6) is 0 Å². The predicted octanol–water partition coefficient (Wildman–Crippen LogP) is 3.07. The van der Waals surface area contributed by atoms with E-state index in [0.29, 0.717) is 11.1 Å². The molecule has 0 N–H and O–H groups in total. The van der Waals surface area contributed by atoms with Gasteiger partial charge in [0, 0.05) is 19.2 Å². The van der Waals surface area contributed by atoms with Crippen LogP contribution in [-0.4, -0.2) is 12.1 Å². The zero-order valence-corrected chi connectivity index (χ0v) is 10.5. The molecule has 0 spiro atoms. The maximum absolute atomic E-state index is 11.0. The second-order valence-electron chi connectivity index (χ2n) is 2.54. The van der Waals surface area contributed by atoms with Crippen molar-refractivity contribution >= 4 is 50.6 Å². The fourth-order valence-electron chi connectivity index (χ4n) is 0.899. The summed E-state index contributed by atoms with van der Waals surface area (Å²) in [5.41, 5.74) is 1.08. The summed E-state index contributed by atoms with van der Waals surface area (Å²) in [7, 11) is 0. The molecule has 1 rings (SSSR count). The molecule has 0 aromatic heterocycles. The molecule has 0 fully saturated rings. The summed E-state index contributed by atoms with van der Waals surface area (Å²) in [5.74, 6) is -0.0338. The van der Waals surface area contributed by atoms with E-state index in [1.54, 1.807) is 12.1 Å². The van der Waals surface area contributed by atoms with Crippen molar-refractivity contribution in [2.24, 2.45) is 0 Å². The minimum Gasteiger partial charge on any atom is -0.298 e. The van der Waals surface area contributed by atoms with Crippen LogP contribution in [0, 0.1) is 3.57 Å². The zero-order chi connectivity index (χ0) is 10.0. The summed E-state index contributed by atoms with van der Waals surface area (Å²) < 4.78 is 1.61. The second-order valence-corrected chi connectivity index (χ2v) is 4.49. The predicted molar refractivity (Wildman–Crippen MR) is 62.3 cm³/mol. The van der Waals surface area contributed by atoms with Gasteiger partial charge in [-0.15, -0.1) is 0 Å². The Balaban J connectivity index is 3.38. The van der Waals surface area contributed by atoms with Gasteiger partial charge in [0.15, 0.2) is 12.1 Å². The van der Waals surface area contributed by atoms with Gasteiger partial charge in [-0.1, -0.05) is 0 Å². The second kappa shape index (κ2) is 4.32. The number of aldehydes is 1. The summed E-state index contributed by atoms with van der Waals surface area (Å²) in [4.78, 5) is 21.7. The molecule has 0 saturated carbocycles. The molecule has 1 aromatic carbocycles. The molecule has 0 radical (unpaired) electrons. The SMILES string of the molecule is CC(=O)c1cc(I)c(Br)c(C=O)c1. The molecule has 68 valence electrons. The number of rotatable bonds is 2. The fraction of sp³-hybridized carbons (Fsp3) is 0.111. The van der Waals surface area contributed by atoms with E-state index in [2.05, 4.69) is 38.5 Å². The summed E-state index contributed by atoms with van der Waals surface area (Å²) in [6, 6.07) is 3.33. The Morgan fingerprint density at radius 2 is 2.15 bits per heavy atom. The van der Waals surface area contributed by atoms with Crippen molar-refractivity contribution in [1.82, 2.24) is 0 Å². The summed E-state index contributed by atoms with van der Waals surface area (Å²) in [6.07, 6.45) is 0.735. The van der Waals surface area contributed by atoms with Crippen molar-refractivity contribution in [3.05, 3.63) is 31.3 Å². The average molecular weight is 353 g/mol. The van der Waals surface area contributed by atoms with Crippen LogP contribution in [0.2, 0.25) is 0 Å². The Labute approximate surface area is 98.0 Å². The highest BCUT2D eigenvalue weighted by molar-refractivity contribution is 14.1. The molecule has 0 amide bonds. The van der Waals surface area contributed by atoms with Crippen LogP contribution in [0.25, 0.3) is 0 Å². The molecular weight excluding hydrogens is 347 g/mol. The van der Waals surface area contributed by atoms with Gasteiger partial charge in [-0.3, -0.25) is 9.59 Å². The number of ketones is 1. The molecule has 0 aliphatic carbocycles. The number of halogens is 2. The number of hydrogen-bond acceptors (Lipinski definition) is 2. The normalized spacial score (nSPS) is 9.77. The highest BCUT2D eigenvalue weighted by Crippen LogP contribution is 2.24. The van der Waals surface area contributed by atoms with E-state index in [1.807, 2.05) is 0 Å². The Bertz CT molecular complexity index is 374. The molecule has 0 unspecified atom stereocenters. The third kappa shape index (κ3) is 2.37. The lowest BCUT2D eigenvalue weighted by atomic mass is 10.1. The van der Waals surface area contributed by atoms with Crippen molar-refractivity contribution < 1.29 is 9.59 Å². The molecule has 4 heteroatoms. The van der Waals surface area contributed by atoms with Crippen LogP contribution < -0.4 is 0 Å². The first-order chi connectivity index (χ1) is 6.06. The quantitative estimate of drug-likeness (QED) is 0.465. The van der Waals surface area contributed by atoms with Gasteiger partial charge in [0.2, 0.25) is 0 Å². The van der Waals surface area contributed by atoms with E-state index in [0.717, 1.165) is 14.3 Å². The number of carbonyl (C=O) groups excluding carboxylic acids is 2. The van der Waals surface area contributed by atoms with Gasteiger partial charge in [-0.05, 0) is 57.6 Å². The molecule has 13 heavy (non-hydrogen) atoms. The fourth-order valence-corrected chi connectivity index (χ4v) is 1.87. The maximum atomic E-state index is 11.0. The molecule has 0 aliphatic rings. The molecular formula is C9H6BrIO2. The summed E-state index contributed by atoms with van der Waals surface area (Å²) >= 11 is 5.35. The van der Waals surface area contributed by atoms with Crippen LogP contribution in [0.15, 0.2) is 16.6 Å². The Morgan fingerprint density at radius 3 is 2.62 bits per heavy atom. The lowest BCUT2D eigenvalue weighted by Crippen LogP contribution is -1.96. The Hall–Kier alpha value is -0.230. The van der Waals surface area contributed by atoms with Gasteiger partial charge in [-0.25, -0.2) is 0 Å². The van der Waals surface area contributed by atoms with Gasteiger partial charge in [0.05, 0.1) is 0 Å². The minimum absolute atomic E-state index is 0.0338. The first-order valence-electron chi connectivity index (χ1n) is 3.51. The van der Waals surface area contributed by atoms with Crippen LogP contribution in [-0.2, 0) is 0 Å². The zero-order valence-electron chi connectivity index (χ0n) is 6.80. The van der Waals surface area contributed by atoms with Crippen LogP contribution >= 0.6 is 38.5 Å². The van der Waals surface area contributed by atoms with Crippen LogP contribution in [0.3, 0.4) is 0 Å². The first kappa shape index (κ1) is 10.8. The molecule has 0 saturated heterocycles. The van der Waals surface area contributed by atoms with Crippen LogP contribution in [0.1, 0.15) is 27.6 Å². The van der Waals surface area contributed by atoms with Gasteiger partial charge in [0.1, 0.15) is 0 Å². The molecule has 0 bridgehead atoms. The van der Waals surface area contributed by atoms with Gasteiger partial charge in [-0.2, -0.15) is 0 Å². The number of hydrogen-bond donors (Lipinski definition) is 0. The highest BCUT2D eigenvalue weighted by atomic mass is 127. The maximum Gasteiger partial charge on any atom is 0.159 e. The third-order valence-corrected chi connectivity index (χ3v) is 4.07. The van der Waals surface area contributed by atoms with E-state index in [1.165, 1.54) is 6.92 Å². The Kier molecular flexibility index (Phi) is 3.61. The van der Waals surface area contributed by atoms with E-state index < -0.39 is 0 Å². The van der Waals surface area contributed by atoms with Crippen LogP contribution in [0.4, 0.5) is 0 Å². The number of carbonyl (C=O) groups is 2. The van der Waals surface area contributed by atoms with E-state index in [-0.39, 0.29) is 5.78 Å². The minimum atomic E-state index is -0.0338. The molecule has 0 heterocycles. The smallest absolute Gasteiger partial charge is 0.159 e. The standard InChI is InChI=1S/C9H6BrIO2/c1-5(13)6-2-7(4-12)9(10)8(11)3-6/h2-4H,1H3. The van der Waals surface area contributed by atoms with E-state index >= 15 is 0 Å². The Morgan fingerprint density at radius 1 is 1.54 bits per heavy atom. The third-order valence-electron chi connectivity index (χ3n) is 1.59. The van der Waals surface area contributed by atoms with Gasteiger partial charge >= 0.3 is 0 Å². The van der Waals surface area contributed by atoms with E-state index in [9.17, 15) is 9.59 Å². The highest BCUT2D eigenvalue weighted by Gasteiger charge is 2.08. The molecule has 0 atom stereocenters. The van der Waals surface area contributed by atoms with E-state index in [4.69, 9.17) is 0 Å². The van der Waals surface area contributed by atoms with Crippen molar-refractivity contribution in [2.45, 2.75) is 6.92 Å². The lowest BCUT2D eigenvalue weighted by molar-refractivity contribution is 0.101. The largest absolute Gasteiger partial charge is 0.298 e. The topological polar surface area (TPSA) is 34.1 Å². The first-order valence-corrected chi connectivity index (χ1v) is 5.38. The number of benzene rings is 1. The summed E-state index contributed by atoms with van der Waals surface area (Å²) in [6.45, 7) is 1.48. The average Bonchev–Trinajstić information content (AvgIpc) is 2.09. The number of Topliss-reactive ketones (excluding diaryl/α,β-unsaturated/α-hetero) is 1. The van der Waals surface area contributed by atoms with Crippen molar-refractivity contribution in [1.29, 1.82) is 0 Å². The van der Waals surface area contributed by atoms with Crippen molar-refractivity contribution in [3.63, 3.8) is 0 Å².